The Morgan fingerprint density at radius 2 is 1.67 bits per heavy atom. The summed E-state index contributed by atoms with van der Waals surface area (Å²) < 4.78 is 12.8. The van der Waals surface area contributed by atoms with Crippen LogP contribution in [0.4, 0.5) is 4.39 Å². The molecule has 2 aromatic carbocycles. The topological polar surface area (TPSA) is 49.3 Å². The Balaban J connectivity index is 1.97. The van der Waals surface area contributed by atoms with Gasteiger partial charge in [0.15, 0.2) is 0 Å². The number of hydrogen-bond donors (Lipinski definition) is 2. The zero-order valence-corrected chi connectivity index (χ0v) is 12.1. The molecule has 0 atom stereocenters. The Kier molecular flexibility index (Phi) is 4.38. The molecule has 110 valence electrons. The van der Waals surface area contributed by atoms with Crippen molar-refractivity contribution in [3.05, 3.63) is 71.0 Å². The molecule has 0 unspecified atom stereocenters. The Hall–Kier alpha value is -2.20. The fraction of sp³-hybridized carbons (Fsp3) is 0.235. The molecule has 0 bridgehead atoms. The summed E-state index contributed by atoms with van der Waals surface area (Å²) in [5.74, 6) is -0.615. The van der Waals surface area contributed by atoms with Crippen LogP contribution < -0.4 is 5.32 Å². The first-order valence-electron chi connectivity index (χ1n) is 6.72. The zero-order chi connectivity index (χ0) is 15.5. The average molecular weight is 287 g/mol. The van der Waals surface area contributed by atoms with Crippen molar-refractivity contribution < 1.29 is 14.3 Å². The monoisotopic (exact) mass is 287 g/mol. The standard InChI is InChI=1S/C17H18FNO2/c1-17(2,21)14-7-3-12(4-8-14)11-19-16(20)13-5-9-15(18)10-6-13/h3-10,21H,11H2,1-2H3,(H,19,20). The second kappa shape index (κ2) is 6.06. The lowest BCUT2D eigenvalue weighted by molar-refractivity contribution is 0.0785. The van der Waals surface area contributed by atoms with Gasteiger partial charge < -0.3 is 10.4 Å². The van der Waals surface area contributed by atoms with E-state index in [0.29, 0.717) is 12.1 Å². The summed E-state index contributed by atoms with van der Waals surface area (Å²) in [6.07, 6.45) is 0. The number of benzene rings is 2. The molecule has 1 amide bonds. The van der Waals surface area contributed by atoms with Crippen LogP contribution in [0.25, 0.3) is 0 Å². The van der Waals surface area contributed by atoms with Gasteiger partial charge >= 0.3 is 0 Å². The fourth-order valence-corrected chi connectivity index (χ4v) is 1.92. The molecule has 0 saturated carbocycles. The van der Waals surface area contributed by atoms with Crippen molar-refractivity contribution in [3.8, 4) is 0 Å². The van der Waals surface area contributed by atoms with Gasteiger partial charge in [0.1, 0.15) is 5.82 Å². The highest BCUT2D eigenvalue weighted by Crippen LogP contribution is 2.19. The van der Waals surface area contributed by atoms with E-state index in [2.05, 4.69) is 5.32 Å². The van der Waals surface area contributed by atoms with Gasteiger partial charge in [0.2, 0.25) is 0 Å². The van der Waals surface area contributed by atoms with Crippen molar-refractivity contribution in [2.75, 3.05) is 0 Å². The van der Waals surface area contributed by atoms with E-state index in [1.807, 2.05) is 24.3 Å². The Morgan fingerprint density at radius 3 is 2.19 bits per heavy atom. The highest BCUT2D eigenvalue weighted by atomic mass is 19.1. The van der Waals surface area contributed by atoms with E-state index in [-0.39, 0.29) is 11.7 Å². The molecule has 3 nitrogen and oxygen atoms in total. The number of carbonyl (C=O) groups excluding carboxylic acids is 1. The molecular formula is C17H18FNO2. The molecule has 0 fully saturated rings. The van der Waals surface area contributed by atoms with Crippen molar-refractivity contribution >= 4 is 5.91 Å². The summed E-state index contributed by atoms with van der Waals surface area (Å²) in [7, 11) is 0. The fourth-order valence-electron chi connectivity index (χ4n) is 1.92. The lowest BCUT2D eigenvalue weighted by Crippen LogP contribution is -2.23. The third-order valence-corrected chi connectivity index (χ3v) is 3.22. The summed E-state index contributed by atoms with van der Waals surface area (Å²) in [5.41, 5.74) is 1.29. The predicted molar refractivity (Wildman–Crippen MR) is 79.3 cm³/mol. The van der Waals surface area contributed by atoms with Gasteiger partial charge in [-0.05, 0) is 49.2 Å². The first kappa shape index (κ1) is 15.2. The number of aliphatic hydroxyl groups is 1. The van der Waals surface area contributed by atoms with Crippen LogP contribution in [0.15, 0.2) is 48.5 Å². The average Bonchev–Trinajstić information content (AvgIpc) is 2.45. The van der Waals surface area contributed by atoms with Crippen LogP contribution in [0.2, 0.25) is 0 Å². The Labute approximate surface area is 123 Å². The smallest absolute Gasteiger partial charge is 0.251 e. The minimum atomic E-state index is -0.879. The summed E-state index contributed by atoms with van der Waals surface area (Å²) in [6, 6.07) is 12.8. The Bertz CT molecular complexity index is 613. The molecule has 0 spiro atoms. The van der Waals surface area contributed by atoms with Gasteiger partial charge in [0, 0.05) is 12.1 Å². The maximum atomic E-state index is 12.8. The molecule has 0 aromatic heterocycles. The van der Waals surface area contributed by atoms with Crippen molar-refractivity contribution in [1.82, 2.24) is 5.32 Å². The van der Waals surface area contributed by atoms with Crippen molar-refractivity contribution in [2.24, 2.45) is 0 Å². The largest absolute Gasteiger partial charge is 0.386 e. The molecule has 0 aliphatic carbocycles. The van der Waals surface area contributed by atoms with E-state index in [9.17, 15) is 14.3 Å². The van der Waals surface area contributed by atoms with Crippen molar-refractivity contribution in [1.29, 1.82) is 0 Å². The second-order valence-electron chi connectivity index (χ2n) is 5.45. The third kappa shape index (κ3) is 4.13. The van der Waals surface area contributed by atoms with Crippen LogP contribution in [0.5, 0.6) is 0 Å². The van der Waals surface area contributed by atoms with E-state index < -0.39 is 5.60 Å². The molecule has 0 radical (unpaired) electrons. The van der Waals surface area contributed by atoms with Gasteiger partial charge in [0.25, 0.3) is 5.91 Å². The quantitative estimate of drug-likeness (QED) is 0.908. The molecule has 0 aliphatic rings. The van der Waals surface area contributed by atoms with Crippen molar-refractivity contribution in [3.63, 3.8) is 0 Å². The summed E-state index contributed by atoms with van der Waals surface area (Å²) in [6.45, 7) is 3.82. The van der Waals surface area contributed by atoms with E-state index in [1.165, 1.54) is 24.3 Å². The second-order valence-corrected chi connectivity index (χ2v) is 5.45. The minimum Gasteiger partial charge on any atom is -0.386 e. The number of hydrogen-bond acceptors (Lipinski definition) is 2. The molecule has 0 aliphatic heterocycles. The summed E-state index contributed by atoms with van der Waals surface area (Å²) >= 11 is 0. The number of rotatable bonds is 4. The lowest BCUT2D eigenvalue weighted by Gasteiger charge is -2.18. The van der Waals surface area contributed by atoms with E-state index in [1.54, 1.807) is 13.8 Å². The van der Waals surface area contributed by atoms with Gasteiger partial charge in [-0.1, -0.05) is 24.3 Å². The molecular weight excluding hydrogens is 269 g/mol. The Morgan fingerprint density at radius 1 is 1.10 bits per heavy atom. The summed E-state index contributed by atoms with van der Waals surface area (Å²) in [5, 5.41) is 12.6. The minimum absolute atomic E-state index is 0.249. The van der Waals surface area contributed by atoms with Gasteiger partial charge in [-0.2, -0.15) is 0 Å². The van der Waals surface area contributed by atoms with Crippen molar-refractivity contribution in [2.45, 2.75) is 26.0 Å². The van der Waals surface area contributed by atoms with Crippen LogP contribution in [0.3, 0.4) is 0 Å². The molecule has 2 rings (SSSR count). The van der Waals surface area contributed by atoms with Crippen LogP contribution in [0, 0.1) is 5.82 Å². The first-order chi connectivity index (χ1) is 9.86. The van der Waals surface area contributed by atoms with Gasteiger partial charge in [-0.25, -0.2) is 4.39 Å². The maximum absolute atomic E-state index is 12.8. The molecule has 2 N–H and O–H groups in total. The molecule has 21 heavy (non-hydrogen) atoms. The normalized spacial score (nSPS) is 11.2. The van der Waals surface area contributed by atoms with E-state index in [4.69, 9.17) is 0 Å². The first-order valence-corrected chi connectivity index (χ1v) is 6.72. The van der Waals surface area contributed by atoms with E-state index in [0.717, 1.165) is 11.1 Å². The zero-order valence-electron chi connectivity index (χ0n) is 12.1. The summed E-state index contributed by atoms with van der Waals surface area (Å²) in [4.78, 5) is 11.9. The van der Waals surface area contributed by atoms with Gasteiger partial charge in [-0.15, -0.1) is 0 Å². The molecule has 0 heterocycles. The highest BCUT2D eigenvalue weighted by Gasteiger charge is 2.15. The third-order valence-electron chi connectivity index (χ3n) is 3.22. The number of nitrogens with one attached hydrogen (secondary N) is 1. The van der Waals surface area contributed by atoms with Gasteiger partial charge in [0.05, 0.1) is 5.60 Å². The number of carbonyl (C=O) groups is 1. The van der Waals surface area contributed by atoms with E-state index >= 15 is 0 Å². The molecule has 0 saturated heterocycles. The lowest BCUT2D eigenvalue weighted by atomic mass is 9.97. The number of amides is 1. The van der Waals surface area contributed by atoms with Gasteiger partial charge in [-0.3, -0.25) is 4.79 Å². The van der Waals surface area contributed by atoms with Crippen LogP contribution in [0.1, 0.15) is 35.3 Å². The highest BCUT2D eigenvalue weighted by molar-refractivity contribution is 5.94. The SMILES string of the molecule is CC(C)(O)c1ccc(CNC(=O)c2ccc(F)cc2)cc1. The van der Waals surface area contributed by atoms with Crippen LogP contribution >= 0.6 is 0 Å². The predicted octanol–water partition coefficient (Wildman–Crippen LogP) is 2.98. The molecule has 2 aromatic rings. The molecule has 4 heteroatoms. The number of halogens is 1. The van der Waals surface area contributed by atoms with Crippen LogP contribution in [-0.2, 0) is 12.1 Å². The van der Waals surface area contributed by atoms with Crippen LogP contribution in [-0.4, -0.2) is 11.0 Å². The maximum Gasteiger partial charge on any atom is 0.251 e.